The minimum absolute atomic E-state index is 0.175. The second-order valence-electron chi connectivity index (χ2n) is 13.4. The maximum atomic E-state index is 13.3. The van der Waals surface area contributed by atoms with E-state index in [4.69, 9.17) is 24.2 Å². The molecule has 49 heavy (non-hydrogen) atoms. The second-order valence-corrected chi connectivity index (χ2v) is 13.4. The molecule has 4 heterocycles. The molecule has 1 unspecified atom stereocenters. The summed E-state index contributed by atoms with van der Waals surface area (Å²) in [4.78, 5) is 29.4. The lowest BCUT2D eigenvalue weighted by Crippen LogP contribution is -2.55. The van der Waals surface area contributed by atoms with Crippen LogP contribution in [0.4, 0.5) is 10.6 Å². The number of hydrogen-bond donors (Lipinski definition) is 0. The van der Waals surface area contributed by atoms with Gasteiger partial charge in [-0.3, -0.25) is 0 Å². The molecule has 10 heteroatoms. The molecule has 2 atom stereocenters. The summed E-state index contributed by atoms with van der Waals surface area (Å²) in [6.45, 7) is 3.07. The Bertz CT molecular complexity index is 1850. The van der Waals surface area contributed by atoms with Crippen molar-refractivity contribution in [1.29, 1.82) is 5.26 Å². The minimum atomic E-state index is -0.667. The average molecular weight is 657 g/mol. The van der Waals surface area contributed by atoms with Crippen LogP contribution in [-0.4, -0.2) is 77.8 Å². The van der Waals surface area contributed by atoms with Gasteiger partial charge in [0.1, 0.15) is 19.0 Å². The van der Waals surface area contributed by atoms with E-state index in [0.29, 0.717) is 44.6 Å². The van der Waals surface area contributed by atoms with Gasteiger partial charge in [0.05, 0.1) is 24.1 Å². The van der Waals surface area contributed by atoms with Crippen LogP contribution in [0.15, 0.2) is 78.9 Å². The van der Waals surface area contributed by atoms with E-state index in [1.807, 2.05) is 30.3 Å². The Morgan fingerprint density at radius 3 is 2.41 bits per heavy atom. The fourth-order valence-electron chi connectivity index (χ4n) is 7.97. The topological polar surface area (TPSA) is 104 Å². The molecule has 0 bridgehead atoms. The molecule has 8 rings (SSSR count). The first-order chi connectivity index (χ1) is 24.0. The van der Waals surface area contributed by atoms with Crippen molar-refractivity contribution in [2.45, 2.75) is 56.4 Å². The van der Waals surface area contributed by atoms with Crippen molar-refractivity contribution < 1.29 is 19.0 Å². The lowest BCUT2D eigenvalue weighted by atomic mass is 9.83. The molecule has 10 nitrogen and oxygen atoms in total. The Morgan fingerprint density at radius 1 is 0.959 bits per heavy atom. The summed E-state index contributed by atoms with van der Waals surface area (Å²) in [6, 6.07) is 29.1. The van der Waals surface area contributed by atoms with E-state index in [1.165, 1.54) is 11.1 Å². The number of piperazine rings is 1. The summed E-state index contributed by atoms with van der Waals surface area (Å²) in [7, 11) is 2.13. The van der Waals surface area contributed by atoms with Gasteiger partial charge in [-0.25, -0.2) is 4.79 Å². The normalized spacial score (nSPS) is 20.6. The molecular weight excluding hydrogens is 616 g/mol. The molecule has 0 radical (unpaired) electrons. The molecule has 2 fully saturated rings. The van der Waals surface area contributed by atoms with E-state index in [-0.39, 0.29) is 25.1 Å². The van der Waals surface area contributed by atoms with Crippen LogP contribution in [0.25, 0.3) is 11.1 Å². The Labute approximate surface area is 286 Å². The number of rotatable bonds is 7. The lowest BCUT2D eigenvalue weighted by Gasteiger charge is -2.42. The zero-order valence-electron chi connectivity index (χ0n) is 27.8. The molecule has 4 aliphatic rings. The molecule has 4 aromatic rings. The summed E-state index contributed by atoms with van der Waals surface area (Å²) < 4.78 is 19.1. The van der Waals surface area contributed by atoms with Gasteiger partial charge in [0.15, 0.2) is 5.60 Å². The van der Waals surface area contributed by atoms with Crippen molar-refractivity contribution in [3.63, 3.8) is 0 Å². The molecular formula is C39H40N6O4. The van der Waals surface area contributed by atoms with Gasteiger partial charge in [0.25, 0.3) is 0 Å². The number of benzene rings is 3. The predicted octanol–water partition coefficient (Wildman–Crippen LogP) is 5.94. The van der Waals surface area contributed by atoms with Gasteiger partial charge in [-0.05, 0) is 49.5 Å². The number of carbonyl (C=O) groups excluding carboxylic acids is 1. The zero-order valence-corrected chi connectivity index (χ0v) is 27.8. The monoisotopic (exact) mass is 656 g/mol. The van der Waals surface area contributed by atoms with Crippen molar-refractivity contribution in [3.05, 3.63) is 101 Å². The molecule has 250 valence electrons. The molecule has 1 spiro atoms. The number of likely N-dealkylation sites (tertiary alicyclic amines) is 1. The third-order valence-corrected chi connectivity index (χ3v) is 10.6. The molecule has 1 aliphatic carbocycles. The van der Waals surface area contributed by atoms with Crippen LogP contribution >= 0.6 is 0 Å². The highest BCUT2D eigenvalue weighted by molar-refractivity contribution is 5.80. The Kier molecular flexibility index (Phi) is 8.30. The number of aromatic nitrogens is 2. The van der Waals surface area contributed by atoms with Crippen molar-refractivity contribution >= 4 is 11.9 Å². The molecule has 2 saturated heterocycles. The number of nitrogens with zero attached hydrogens (tertiary/aromatic N) is 6. The van der Waals surface area contributed by atoms with Gasteiger partial charge in [-0.15, -0.1) is 0 Å². The maximum absolute atomic E-state index is 13.3. The van der Waals surface area contributed by atoms with Crippen LogP contribution in [0.3, 0.4) is 0 Å². The molecule has 3 aromatic carbocycles. The van der Waals surface area contributed by atoms with Gasteiger partial charge in [0.2, 0.25) is 5.88 Å². The highest BCUT2D eigenvalue weighted by Crippen LogP contribution is 2.54. The van der Waals surface area contributed by atoms with Gasteiger partial charge in [0, 0.05) is 43.2 Å². The molecule has 0 saturated carbocycles. The number of amides is 1. The number of likely N-dealkylation sites (N-methyl/N-ethyl adjacent to an activating group) is 1. The largest absolute Gasteiger partial charge is 0.462 e. The summed E-state index contributed by atoms with van der Waals surface area (Å²) in [5, 5.41) is 9.78. The van der Waals surface area contributed by atoms with E-state index >= 15 is 0 Å². The van der Waals surface area contributed by atoms with Crippen LogP contribution in [-0.2, 0) is 23.4 Å². The average Bonchev–Trinajstić information content (AvgIpc) is 3.68. The summed E-state index contributed by atoms with van der Waals surface area (Å²) >= 11 is 0. The first kappa shape index (κ1) is 31.1. The molecule has 0 N–H and O–H groups in total. The summed E-state index contributed by atoms with van der Waals surface area (Å²) in [6.07, 6.45) is 3.39. The third-order valence-electron chi connectivity index (χ3n) is 10.6. The number of anilines is 1. The number of nitriles is 1. The van der Waals surface area contributed by atoms with E-state index in [0.717, 1.165) is 53.9 Å². The Balaban J connectivity index is 1.11. The smallest absolute Gasteiger partial charge is 0.410 e. The number of hydrogen-bond acceptors (Lipinski definition) is 9. The Morgan fingerprint density at radius 2 is 1.69 bits per heavy atom. The van der Waals surface area contributed by atoms with E-state index in [9.17, 15) is 10.1 Å². The van der Waals surface area contributed by atoms with Gasteiger partial charge >= 0.3 is 12.1 Å². The number of fused-ring (bicyclic) bond motifs is 6. The van der Waals surface area contributed by atoms with Crippen molar-refractivity contribution in [1.82, 2.24) is 19.8 Å². The third kappa shape index (κ3) is 5.72. The second kappa shape index (κ2) is 13.1. The first-order valence-corrected chi connectivity index (χ1v) is 17.3. The Hall–Kier alpha value is -5.14. The van der Waals surface area contributed by atoms with Crippen molar-refractivity contribution in [2.24, 2.45) is 0 Å². The SMILES string of the molecule is CN1CCC[C@H]1COc1nc2c(c(N3CCN(C(=O)OCc4ccccc4)C(CC#N)C3)n1)CCC1(O2)c2ccccc2-c2ccccc21. The van der Waals surface area contributed by atoms with Crippen LogP contribution in [0.1, 0.15) is 47.9 Å². The quantitative estimate of drug-likeness (QED) is 0.239. The highest BCUT2D eigenvalue weighted by atomic mass is 16.6. The van der Waals surface area contributed by atoms with Gasteiger partial charge < -0.3 is 28.9 Å². The number of ether oxygens (including phenoxy) is 3. The highest BCUT2D eigenvalue weighted by Gasteiger charge is 2.49. The van der Waals surface area contributed by atoms with Gasteiger partial charge in [-0.2, -0.15) is 15.2 Å². The minimum Gasteiger partial charge on any atom is -0.462 e. The maximum Gasteiger partial charge on any atom is 0.410 e. The predicted molar refractivity (Wildman–Crippen MR) is 184 cm³/mol. The van der Waals surface area contributed by atoms with Crippen LogP contribution in [0, 0.1) is 11.3 Å². The van der Waals surface area contributed by atoms with E-state index in [2.05, 4.69) is 71.4 Å². The van der Waals surface area contributed by atoms with Crippen LogP contribution in [0.5, 0.6) is 11.9 Å². The van der Waals surface area contributed by atoms with Crippen molar-refractivity contribution in [2.75, 3.05) is 44.7 Å². The number of carbonyl (C=O) groups is 1. The summed E-state index contributed by atoms with van der Waals surface area (Å²) in [5.41, 5.74) is 5.84. The van der Waals surface area contributed by atoms with E-state index < -0.39 is 11.7 Å². The first-order valence-electron chi connectivity index (χ1n) is 17.3. The molecule has 3 aliphatic heterocycles. The molecule has 1 amide bonds. The van der Waals surface area contributed by atoms with E-state index in [1.54, 1.807) is 4.90 Å². The summed E-state index contributed by atoms with van der Waals surface area (Å²) in [5.74, 6) is 1.27. The fourth-order valence-corrected chi connectivity index (χ4v) is 7.97. The lowest BCUT2D eigenvalue weighted by molar-refractivity contribution is 0.0751. The standard InChI is InChI=1S/C39H40N6O4/c1-43-21-9-12-29(43)26-47-37-41-35(44-22-23-45(28(24-44)18-20-40)38(46)48-25-27-10-3-2-4-11-27)32-17-19-39(49-36(32)42-37)33-15-7-5-13-30(33)31-14-6-8-16-34(31)39/h2-8,10-11,13-16,28-29H,9,12,17-19,21-26H2,1H3/t28?,29-/m0/s1. The van der Waals surface area contributed by atoms with Crippen molar-refractivity contribution in [3.8, 4) is 29.1 Å². The van der Waals surface area contributed by atoms with Crippen LogP contribution in [0.2, 0.25) is 0 Å². The molecule has 1 aromatic heterocycles. The zero-order chi connectivity index (χ0) is 33.4. The van der Waals surface area contributed by atoms with Crippen LogP contribution < -0.4 is 14.4 Å². The fraction of sp³-hybridized carbons (Fsp3) is 0.385. The van der Waals surface area contributed by atoms with Gasteiger partial charge in [-0.1, -0.05) is 78.9 Å².